The van der Waals surface area contributed by atoms with Crippen LogP contribution < -0.4 is 4.72 Å². The number of rotatable bonds is 6. The third kappa shape index (κ3) is 3.80. The van der Waals surface area contributed by atoms with Crippen LogP contribution >= 0.6 is 11.3 Å². The first kappa shape index (κ1) is 19.7. The molecule has 0 aromatic carbocycles. The maximum Gasteiger partial charge on any atom is 0.250 e. The number of nitrogens with zero attached hydrogens (tertiary/aromatic N) is 3. The molecule has 4 fully saturated rings. The van der Waals surface area contributed by atoms with Crippen LogP contribution in [0.3, 0.4) is 0 Å². The highest BCUT2D eigenvalue weighted by molar-refractivity contribution is 7.91. The minimum atomic E-state index is -3.38. The summed E-state index contributed by atoms with van der Waals surface area (Å²) in [7, 11) is -1.29. The van der Waals surface area contributed by atoms with Crippen LogP contribution in [0.1, 0.15) is 61.7 Å². The van der Waals surface area contributed by atoms with Gasteiger partial charge in [-0.1, -0.05) is 18.9 Å². The van der Waals surface area contributed by atoms with Crippen molar-refractivity contribution >= 4 is 21.4 Å². The summed E-state index contributed by atoms with van der Waals surface area (Å²) in [4.78, 5) is 2.49. The van der Waals surface area contributed by atoms with E-state index in [-0.39, 0.29) is 0 Å². The fourth-order valence-electron chi connectivity index (χ4n) is 5.65. The van der Waals surface area contributed by atoms with Crippen molar-refractivity contribution in [2.45, 2.75) is 60.6 Å². The van der Waals surface area contributed by atoms with Gasteiger partial charge in [-0.2, -0.15) is 5.10 Å². The molecule has 8 heteroatoms. The number of hydrogen-bond acceptors (Lipinski definition) is 5. The third-order valence-corrected chi connectivity index (χ3v) is 10.1. The summed E-state index contributed by atoms with van der Waals surface area (Å²) >= 11 is 1.27. The zero-order chi connectivity index (χ0) is 20.0. The Hall–Kier alpha value is -1.22. The van der Waals surface area contributed by atoms with Crippen LogP contribution in [0.5, 0.6) is 0 Å². The number of aryl methyl sites for hydroxylation is 1. The maximum absolute atomic E-state index is 12.5. The third-order valence-electron chi connectivity index (χ3n) is 7.24. The molecule has 5 heterocycles. The van der Waals surface area contributed by atoms with Crippen LogP contribution in [0.25, 0.3) is 0 Å². The lowest BCUT2D eigenvalue weighted by Gasteiger charge is -2.49. The summed E-state index contributed by atoms with van der Waals surface area (Å²) in [5.74, 6) is 1.78. The van der Waals surface area contributed by atoms with Gasteiger partial charge in [0.2, 0.25) is 10.0 Å². The maximum atomic E-state index is 12.5. The number of sulfonamides is 1. The van der Waals surface area contributed by atoms with Gasteiger partial charge >= 0.3 is 0 Å². The molecule has 0 amide bonds. The summed E-state index contributed by atoms with van der Waals surface area (Å²) < 4.78 is 30.3. The van der Waals surface area contributed by atoms with E-state index < -0.39 is 10.0 Å². The fourth-order valence-corrected chi connectivity index (χ4v) is 7.76. The largest absolute Gasteiger partial charge is 0.298 e. The van der Waals surface area contributed by atoms with Crippen LogP contribution in [0.15, 0.2) is 27.8 Å². The second-order valence-electron chi connectivity index (χ2n) is 8.92. The molecule has 4 atom stereocenters. The Morgan fingerprint density at radius 1 is 1.28 bits per heavy atom. The molecule has 6 nitrogen and oxygen atoms in total. The fraction of sp³-hybridized carbons (Fsp3) is 0.667. The highest BCUT2D eigenvalue weighted by Crippen LogP contribution is 2.43. The SMILES string of the molecule is Cn1nc(C2CCCC2)cc1C1CN2CCC1CC2CNS(=O)(=O)c1cccs1. The molecule has 2 bridgehead atoms. The first-order chi connectivity index (χ1) is 14.0. The smallest absolute Gasteiger partial charge is 0.250 e. The lowest BCUT2D eigenvalue weighted by atomic mass is 9.74. The minimum absolute atomic E-state index is 0.294. The van der Waals surface area contributed by atoms with Gasteiger partial charge < -0.3 is 0 Å². The van der Waals surface area contributed by atoms with Gasteiger partial charge in [0.25, 0.3) is 0 Å². The van der Waals surface area contributed by atoms with E-state index in [2.05, 4.69) is 27.4 Å². The summed E-state index contributed by atoms with van der Waals surface area (Å²) in [6.45, 7) is 2.59. The van der Waals surface area contributed by atoms with Crippen molar-refractivity contribution in [3.05, 3.63) is 35.0 Å². The number of piperidine rings is 3. The second kappa shape index (κ2) is 7.80. The van der Waals surface area contributed by atoms with Gasteiger partial charge in [0.05, 0.1) is 5.69 Å². The van der Waals surface area contributed by atoms with Gasteiger partial charge in [-0.15, -0.1) is 11.3 Å². The molecule has 4 unspecified atom stereocenters. The van der Waals surface area contributed by atoms with E-state index in [1.165, 1.54) is 54.8 Å². The number of aromatic nitrogens is 2. The lowest BCUT2D eigenvalue weighted by molar-refractivity contribution is 0.0306. The van der Waals surface area contributed by atoms with Crippen molar-refractivity contribution in [3.63, 3.8) is 0 Å². The summed E-state index contributed by atoms with van der Waals surface area (Å²) in [6, 6.07) is 6.11. The predicted octanol–water partition coefficient (Wildman–Crippen LogP) is 3.30. The monoisotopic (exact) mass is 434 g/mol. The van der Waals surface area contributed by atoms with Gasteiger partial charge in [-0.3, -0.25) is 9.58 Å². The first-order valence-corrected chi connectivity index (χ1v) is 13.2. The highest BCUT2D eigenvalue weighted by atomic mass is 32.2. The van der Waals surface area contributed by atoms with Gasteiger partial charge in [0.15, 0.2) is 0 Å². The van der Waals surface area contributed by atoms with E-state index in [0.717, 1.165) is 19.5 Å². The van der Waals surface area contributed by atoms with Crippen molar-refractivity contribution < 1.29 is 8.42 Å². The zero-order valence-corrected chi connectivity index (χ0v) is 18.6. The van der Waals surface area contributed by atoms with Crippen molar-refractivity contribution in [2.75, 3.05) is 19.6 Å². The van der Waals surface area contributed by atoms with Crippen molar-refractivity contribution in [3.8, 4) is 0 Å². The van der Waals surface area contributed by atoms with E-state index in [9.17, 15) is 8.42 Å². The molecule has 1 saturated carbocycles. The molecule has 4 aliphatic rings. The van der Waals surface area contributed by atoms with Crippen molar-refractivity contribution in [2.24, 2.45) is 13.0 Å². The molecule has 1 N–H and O–H groups in total. The molecule has 1 aliphatic carbocycles. The molecule has 2 aromatic heterocycles. The summed E-state index contributed by atoms with van der Waals surface area (Å²) in [5.41, 5.74) is 2.66. The Balaban J connectivity index is 1.26. The number of thiophene rings is 1. The normalized spacial score (nSPS) is 30.2. The van der Waals surface area contributed by atoms with Crippen molar-refractivity contribution in [1.82, 2.24) is 19.4 Å². The minimum Gasteiger partial charge on any atom is -0.298 e. The van der Waals surface area contributed by atoms with E-state index >= 15 is 0 Å². The Morgan fingerprint density at radius 3 is 2.79 bits per heavy atom. The Kier molecular flexibility index (Phi) is 5.30. The molecule has 0 radical (unpaired) electrons. The quantitative estimate of drug-likeness (QED) is 0.758. The topological polar surface area (TPSA) is 67.2 Å². The molecular weight excluding hydrogens is 404 g/mol. The van der Waals surface area contributed by atoms with E-state index in [1.54, 1.807) is 17.5 Å². The number of hydrogen-bond donors (Lipinski definition) is 1. The molecule has 3 saturated heterocycles. The molecule has 2 aromatic rings. The average molecular weight is 435 g/mol. The second-order valence-corrected chi connectivity index (χ2v) is 11.9. The zero-order valence-electron chi connectivity index (χ0n) is 17.0. The van der Waals surface area contributed by atoms with Crippen LogP contribution in [-0.4, -0.2) is 48.8 Å². The molecule has 6 rings (SSSR count). The Labute approximate surface area is 177 Å². The highest BCUT2D eigenvalue weighted by Gasteiger charge is 2.42. The van der Waals surface area contributed by atoms with Gasteiger partial charge in [-0.05, 0) is 55.7 Å². The summed E-state index contributed by atoms with van der Waals surface area (Å²) in [5, 5.41) is 6.68. The predicted molar refractivity (Wildman–Crippen MR) is 115 cm³/mol. The molecule has 158 valence electrons. The first-order valence-electron chi connectivity index (χ1n) is 10.8. The Morgan fingerprint density at radius 2 is 2.10 bits per heavy atom. The lowest BCUT2D eigenvalue weighted by Crippen LogP contribution is -2.56. The van der Waals surface area contributed by atoms with E-state index in [4.69, 9.17) is 5.10 Å². The molecular formula is C21H30N4O2S2. The van der Waals surface area contributed by atoms with Crippen LogP contribution in [0.2, 0.25) is 0 Å². The van der Waals surface area contributed by atoms with Gasteiger partial charge in [-0.25, -0.2) is 13.1 Å². The average Bonchev–Trinajstić information content (AvgIpc) is 3.48. The standard InChI is InChI=1S/C21H30N4O2S2/c1-24-20(12-19(23-24)15-5-2-3-6-15)18-14-25-9-8-16(18)11-17(25)13-22-29(26,27)21-7-4-10-28-21/h4,7,10,12,15-18,22H,2-3,5-6,8-9,11,13-14H2,1H3. The van der Waals surface area contributed by atoms with E-state index in [1.807, 2.05) is 0 Å². The molecule has 0 spiro atoms. The number of fused-ring (bicyclic) bond motifs is 3. The molecule has 3 aliphatic heterocycles. The van der Waals surface area contributed by atoms with Crippen LogP contribution in [-0.2, 0) is 17.1 Å². The van der Waals surface area contributed by atoms with E-state index in [0.29, 0.717) is 34.5 Å². The van der Waals surface area contributed by atoms with Crippen molar-refractivity contribution in [1.29, 1.82) is 0 Å². The molecule has 29 heavy (non-hydrogen) atoms. The number of nitrogens with one attached hydrogen (secondary N) is 1. The summed E-state index contributed by atoms with van der Waals surface area (Å²) in [6.07, 6.45) is 7.48. The Bertz CT molecular complexity index is 947. The van der Waals surface area contributed by atoms with Gasteiger partial charge in [0.1, 0.15) is 4.21 Å². The van der Waals surface area contributed by atoms with Gasteiger partial charge in [0, 0.05) is 43.7 Å². The van der Waals surface area contributed by atoms with Crippen LogP contribution in [0.4, 0.5) is 0 Å². The van der Waals surface area contributed by atoms with Crippen LogP contribution in [0, 0.1) is 5.92 Å².